The molecule has 0 saturated carbocycles. The molecule has 7 heavy (non-hydrogen) atoms. The fourth-order valence-electron chi connectivity index (χ4n) is 0.446. The molecule has 0 atom stereocenters. The van der Waals surface area contributed by atoms with Crippen molar-refractivity contribution in [3.8, 4) is 0 Å². The van der Waals surface area contributed by atoms with E-state index in [1.54, 1.807) is 0 Å². The van der Waals surface area contributed by atoms with Crippen LogP contribution in [0.1, 0.15) is 13.8 Å². The molecule has 0 aromatic rings. The number of allylic oxidation sites excluding steroid dienone is 2. The Morgan fingerprint density at radius 1 is 1.57 bits per heavy atom. The maximum Gasteiger partial charge on any atom is 0.116 e. The van der Waals surface area contributed by atoms with Crippen LogP contribution in [0.5, 0.6) is 0 Å². The fourth-order valence-corrected chi connectivity index (χ4v) is 1.83. The van der Waals surface area contributed by atoms with Crippen molar-refractivity contribution in [2.45, 2.75) is 13.8 Å². The Hall–Kier alpha value is 0.140. The molecule has 0 unspecified atom stereocenters. The maximum atomic E-state index is 5.20. The summed E-state index contributed by atoms with van der Waals surface area (Å²) in [7, 11) is 0. The zero-order valence-corrected chi connectivity index (χ0v) is 6.52. The fraction of sp³-hybridized carbons (Fsp3) is 0.400. The topological polar surface area (TPSA) is 9.23 Å². The number of hydrogen-bond acceptors (Lipinski definition) is 1. The molecule has 1 aliphatic rings. The van der Waals surface area contributed by atoms with Crippen molar-refractivity contribution in [2.75, 3.05) is 0 Å². The molecule has 1 rings (SSSR count). The van der Waals surface area contributed by atoms with Gasteiger partial charge in [0, 0.05) is 3.51 Å². The Balaban J connectivity index is 2.69. The van der Waals surface area contributed by atoms with Crippen molar-refractivity contribution in [1.29, 1.82) is 0 Å². The Labute approximate surface area is 53.7 Å². The van der Waals surface area contributed by atoms with Crippen LogP contribution in [0.25, 0.3) is 0 Å². The summed E-state index contributed by atoms with van der Waals surface area (Å²) in [6.45, 7) is 4.11. The zero-order chi connectivity index (χ0) is 5.28. The molecule has 40 valence electrons. The van der Waals surface area contributed by atoms with Crippen LogP contribution in [0.3, 0.4) is 0 Å². The van der Waals surface area contributed by atoms with E-state index in [1.165, 1.54) is 3.51 Å². The predicted molar refractivity (Wildman–Crippen MR) is 39.5 cm³/mol. The Morgan fingerprint density at radius 2 is 2.29 bits per heavy atom. The largest absolute Gasteiger partial charge is 0.440 e. The van der Waals surface area contributed by atoms with Gasteiger partial charge < -0.3 is 3.07 Å². The quantitative estimate of drug-likeness (QED) is 0.555. The summed E-state index contributed by atoms with van der Waals surface area (Å²) in [6, 6.07) is 0. The van der Waals surface area contributed by atoms with Gasteiger partial charge in [-0.3, -0.25) is 0 Å². The molecule has 0 aromatic heterocycles. The van der Waals surface area contributed by atoms with E-state index in [0.717, 1.165) is 5.76 Å². The van der Waals surface area contributed by atoms with Crippen LogP contribution in [-0.4, -0.2) is 3.51 Å². The Morgan fingerprint density at radius 3 is 2.43 bits per heavy atom. The van der Waals surface area contributed by atoms with Crippen LogP contribution >= 0.6 is 21.1 Å². The average molecular weight is 210 g/mol. The summed E-state index contributed by atoms with van der Waals surface area (Å²) >= 11 is -0.0367. The molecule has 0 N–H and O–H groups in total. The van der Waals surface area contributed by atoms with Crippen LogP contribution in [0.2, 0.25) is 0 Å². The van der Waals surface area contributed by atoms with E-state index in [4.69, 9.17) is 3.07 Å². The normalized spacial score (nSPS) is 19.1. The molecule has 0 bridgehead atoms. The first-order valence-corrected chi connectivity index (χ1v) is 4.08. The molecule has 1 nitrogen and oxygen atoms in total. The molecule has 0 spiro atoms. The summed E-state index contributed by atoms with van der Waals surface area (Å²) in [5.41, 5.74) is 0. The molecule has 1 aliphatic heterocycles. The molecule has 0 saturated heterocycles. The van der Waals surface area contributed by atoms with Crippen molar-refractivity contribution in [3.63, 3.8) is 0 Å². The highest BCUT2D eigenvalue weighted by atomic mass is 127. The van der Waals surface area contributed by atoms with Gasteiger partial charge in [-0.2, -0.15) is 0 Å². The molecule has 1 heterocycles. The second-order valence-corrected chi connectivity index (χ2v) is 4.08. The lowest BCUT2D eigenvalue weighted by molar-refractivity contribution is 0.568. The van der Waals surface area contributed by atoms with E-state index in [0.29, 0.717) is 0 Å². The second-order valence-electron chi connectivity index (χ2n) is 1.50. The average Bonchev–Trinajstić information content (AvgIpc) is 1.87. The number of halogens is 1. The lowest BCUT2D eigenvalue weighted by Gasteiger charge is -1.84. The summed E-state index contributed by atoms with van der Waals surface area (Å²) < 4.78 is 6.63. The van der Waals surface area contributed by atoms with Gasteiger partial charge in [0.15, 0.2) is 0 Å². The molecule has 0 fully saturated rings. The van der Waals surface area contributed by atoms with Gasteiger partial charge in [-0.25, -0.2) is 0 Å². The third-order valence-corrected chi connectivity index (χ3v) is 2.61. The Bertz CT molecular complexity index is 135. The molecular formula is C5H7IO. The second kappa shape index (κ2) is 1.94. The van der Waals surface area contributed by atoms with Gasteiger partial charge in [0.25, 0.3) is 0 Å². The zero-order valence-electron chi connectivity index (χ0n) is 4.36. The van der Waals surface area contributed by atoms with Gasteiger partial charge in [0.05, 0.1) is 0 Å². The van der Waals surface area contributed by atoms with Crippen LogP contribution in [0, 0.1) is 0 Å². The highest BCUT2D eigenvalue weighted by molar-refractivity contribution is 14.2. The maximum absolute atomic E-state index is 5.20. The lowest BCUT2D eigenvalue weighted by atomic mass is 10.4. The summed E-state index contributed by atoms with van der Waals surface area (Å²) in [6.07, 6.45) is 2.10. The molecule has 0 aromatic carbocycles. The minimum absolute atomic E-state index is 0.0367. The SMILES string of the molecule is CC1=CC(C)=IO1. The summed E-state index contributed by atoms with van der Waals surface area (Å²) in [5, 5.41) is 0. The van der Waals surface area contributed by atoms with Gasteiger partial charge in [-0.05, 0) is 19.9 Å². The first-order valence-electron chi connectivity index (χ1n) is 2.12. The highest BCUT2D eigenvalue weighted by Gasteiger charge is 1.96. The standard InChI is InChI=1S/C5H7IO/c1-4-3-5(2)7-6-4/h3H,1-2H3. The van der Waals surface area contributed by atoms with Gasteiger partial charge in [0.1, 0.15) is 26.9 Å². The van der Waals surface area contributed by atoms with E-state index >= 15 is 0 Å². The van der Waals surface area contributed by atoms with Crippen LogP contribution in [-0.2, 0) is 3.07 Å². The van der Waals surface area contributed by atoms with Gasteiger partial charge in [0.2, 0.25) is 0 Å². The van der Waals surface area contributed by atoms with E-state index in [-0.39, 0.29) is 21.1 Å². The van der Waals surface area contributed by atoms with Crippen molar-refractivity contribution in [3.05, 3.63) is 11.8 Å². The first-order chi connectivity index (χ1) is 3.29. The number of rotatable bonds is 0. The molecule has 2 heteroatoms. The van der Waals surface area contributed by atoms with Crippen molar-refractivity contribution >= 4 is 24.7 Å². The number of hydrogen-bond donors (Lipinski definition) is 0. The van der Waals surface area contributed by atoms with Gasteiger partial charge in [-0.15, -0.1) is 0 Å². The minimum Gasteiger partial charge on any atom is -0.440 e. The van der Waals surface area contributed by atoms with Crippen LogP contribution < -0.4 is 0 Å². The van der Waals surface area contributed by atoms with Crippen molar-refractivity contribution in [2.24, 2.45) is 0 Å². The van der Waals surface area contributed by atoms with E-state index in [1.807, 2.05) is 6.92 Å². The van der Waals surface area contributed by atoms with Crippen LogP contribution in [0.15, 0.2) is 11.8 Å². The molecular weight excluding hydrogens is 203 g/mol. The third-order valence-electron chi connectivity index (χ3n) is 0.684. The Kier molecular flexibility index (Phi) is 1.46. The summed E-state index contributed by atoms with van der Waals surface area (Å²) in [4.78, 5) is 0. The smallest absolute Gasteiger partial charge is 0.116 e. The molecule has 0 amide bonds. The van der Waals surface area contributed by atoms with E-state index in [2.05, 4.69) is 13.0 Å². The van der Waals surface area contributed by atoms with Crippen molar-refractivity contribution in [1.82, 2.24) is 0 Å². The summed E-state index contributed by atoms with van der Waals surface area (Å²) in [5.74, 6) is 1.09. The monoisotopic (exact) mass is 210 g/mol. The van der Waals surface area contributed by atoms with Gasteiger partial charge in [-0.1, -0.05) is 0 Å². The lowest BCUT2D eigenvalue weighted by Crippen LogP contribution is -1.71. The van der Waals surface area contributed by atoms with E-state index in [9.17, 15) is 0 Å². The van der Waals surface area contributed by atoms with E-state index < -0.39 is 0 Å². The molecule has 0 radical (unpaired) electrons. The van der Waals surface area contributed by atoms with Crippen molar-refractivity contribution < 1.29 is 3.07 Å². The first kappa shape index (κ1) is 5.28. The van der Waals surface area contributed by atoms with Crippen LogP contribution in [0.4, 0.5) is 0 Å². The molecule has 0 aliphatic carbocycles. The predicted octanol–water partition coefficient (Wildman–Crippen LogP) is 2.00. The third kappa shape index (κ3) is 1.26. The minimum atomic E-state index is -0.0367. The van der Waals surface area contributed by atoms with Gasteiger partial charge >= 0.3 is 0 Å². The highest BCUT2D eigenvalue weighted by Crippen LogP contribution is 2.18.